The van der Waals surface area contributed by atoms with Crippen molar-refractivity contribution in [3.63, 3.8) is 0 Å². The molecule has 0 bridgehead atoms. The molecule has 17 heavy (non-hydrogen) atoms. The molecule has 2 N–H and O–H groups in total. The smallest absolute Gasteiger partial charge is 0.320 e. The maximum Gasteiger partial charge on any atom is 0.320 e. The Morgan fingerprint density at radius 3 is 2.94 bits per heavy atom. The highest BCUT2D eigenvalue weighted by Crippen LogP contribution is 2.28. The van der Waals surface area contributed by atoms with Crippen molar-refractivity contribution in [3.05, 3.63) is 23.8 Å². The summed E-state index contributed by atoms with van der Waals surface area (Å²) in [5.74, 6) is -1.59. The van der Waals surface area contributed by atoms with Crippen molar-refractivity contribution in [2.45, 2.75) is 6.42 Å². The Balaban J connectivity index is 2.17. The number of sulfonamides is 1. The van der Waals surface area contributed by atoms with Gasteiger partial charge in [-0.15, -0.1) is 0 Å². The third-order valence-electron chi connectivity index (χ3n) is 2.28. The van der Waals surface area contributed by atoms with Crippen LogP contribution in [0.2, 0.25) is 0 Å². The van der Waals surface area contributed by atoms with E-state index in [0.717, 1.165) is 17.7 Å². The van der Waals surface area contributed by atoms with E-state index in [-0.39, 0.29) is 0 Å². The number of aliphatic carboxylic acids is 1. The minimum absolute atomic E-state index is 0.357. The van der Waals surface area contributed by atoms with Gasteiger partial charge in [-0.1, -0.05) is 0 Å². The van der Waals surface area contributed by atoms with Crippen molar-refractivity contribution in [1.29, 1.82) is 0 Å². The molecule has 0 amide bonds. The molecule has 92 valence electrons. The van der Waals surface area contributed by atoms with Gasteiger partial charge < -0.3 is 9.84 Å². The molecule has 0 unspecified atom stereocenters. The number of benzene rings is 1. The Bertz CT molecular complexity index is 552. The molecule has 0 aromatic heterocycles. The summed E-state index contributed by atoms with van der Waals surface area (Å²) in [7, 11) is -3.84. The number of ether oxygens (including phenoxy) is 1. The van der Waals surface area contributed by atoms with Gasteiger partial charge >= 0.3 is 5.97 Å². The lowest BCUT2D eigenvalue weighted by atomic mass is 10.1. The largest absolute Gasteiger partial charge is 0.493 e. The average Bonchev–Trinajstić information content (AvgIpc) is 2.61. The highest BCUT2D eigenvalue weighted by atomic mass is 32.2. The minimum atomic E-state index is -3.84. The fraction of sp³-hybridized carbons (Fsp3) is 0.300. The Labute approximate surface area is 98.3 Å². The normalized spacial score (nSPS) is 13.9. The standard InChI is InChI=1S/C10H11NO5S/c12-10(13)6-17(14,15)11-8-1-2-9-7(5-8)3-4-16-9/h1-2,5,11H,3-4,6H2,(H,12,13). The second-order valence-electron chi connectivity index (χ2n) is 3.68. The highest BCUT2D eigenvalue weighted by Gasteiger charge is 2.17. The molecule has 0 spiro atoms. The van der Waals surface area contributed by atoms with Crippen LogP contribution in [0.5, 0.6) is 5.75 Å². The van der Waals surface area contributed by atoms with E-state index in [0.29, 0.717) is 12.3 Å². The van der Waals surface area contributed by atoms with E-state index < -0.39 is 21.7 Å². The zero-order valence-corrected chi connectivity index (χ0v) is 9.66. The van der Waals surface area contributed by atoms with Gasteiger partial charge in [-0.3, -0.25) is 9.52 Å². The molecule has 0 fully saturated rings. The molecule has 6 nitrogen and oxygen atoms in total. The van der Waals surface area contributed by atoms with E-state index >= 15 is 0 Å². The first-order valence-electron chi connectivity index (χ1n) is 4.94. The molecule has 0 saturated heterocycles. The predicted octanol–water partition coefficient (Wildman–Crippen LogP) is 0.448. The van der Waals surface area contributed by atoms with Crippen LogP contribution in [0, 0.1) is 0 Å². The molecule has 2 rings (SSSR count). The minimum Gasteiger partial charge on any atom is -0.493 e. The van der Waals surface area contributed by atoms with Crippen LogP contribution in [-0.2, 0) is 21.2 Å². The van der Waals surface area contributed by atoms with Crippen molar-refractivity contribution < 1.29 is 23.1 Å². The van der Waals surface area contributed by atoms with Crippen molar-refractivity contribution in [2.24, 2.45) is 0 Å². The van der Waals surface area contributed by atoms with E-state index in [1.54, 1.807) is 18.2 Å². The first-order chi connectivity index (χ1) is 7.96. The molecular formula is C10H11NO5S. The van der Waals surface area contributed by atoms with Crippen molar-refractivity contribution in [1.82, 2.24) is 0 Å². The Morgan fingerprint density at radius 1 is 1.47 bits per heavy atom. The summed E-state index contributed by atoms with van der Waals surface area (Å²) in [6, 6.07) is 4.87. The van der Waals surface area contributed by atoms with Crippen LogP contribution in [-0.4, -0.2) is 31.9 Å². The molecule has 1 aromatic carbocycles. The number of hydrogen-bond donors (Lipinski definition) is 2. The SMILES string of the molecule is O=C(O)CS(=O)(=O)Nc1ccc2c(c1)CCO2. The van der Waals surface area contributed by atoms with Crippen LogP contribution in [0.15, 0.2) is 18.2 Å². The number of carboxylic acid groups (broad SMARTS) is 1. The molecule has 0 radical (unpaired) electrons. The summed E-state index contributed by atoms with van der Waals surface area (Å²) in [5.41, 5.74) is 1.27. The highest BCUT2D eigenvalue weighted by molar-refractivity contribution is 7.93. The Hall–Kier alpha value is -1.76. The second kappa shape index (κ2) is 4.25. The van der Waals surface area contributed by atoms with E-state index in [2.05, 4.69) is 4.72 Å². The van der Waals surface area contributed by atoms with Crippen LogP contribution < -0.4 is 9.46 Å². The fourth-order valence-corrected chi connectivity index (χ4v) is 2.51. The summed E-state index contributed by atoms with van der Waals surface area (Å²) in [5, 5.41) is 8.44. The van der Waals surface area contributed by atoms with Gasteiger partial charge in [0.1, 0.15) is 5.75 Å². The topological polar surface area (TPSA) is 92.7 Å². The number of rotatable bonds is 4. The third kappa shape index (κ3) is 2.88. The quantitative estimate of drug-likeness (QED) is 0.816. The zero-order chi connectivity index (χ0) is 12.5. The monoisotopic (exact) mass is 257 g/mol. The van der Waals surface area contributed by atoms with E-state index in [1.807, 2.05) is 0 Å². The molecule has 1 heterocycles. The third-order valence-corrected chi connectivity index (χ3v) is 3.45. The molecular weight excluding hydrogens is 246 g/mol. The van der Waals surface area contributed by atoms with Crippen molar-refractivity contribution >= 4 is 21.7 Å². The lowest BCUT2D eigenvalue weighted by Gasteiger charge is -2.07. The summed E-state index contributed by atoms with van der Waals surface area (Å²) in [6.45, 7) is 0.584. The molecule has 1 aromatic rings. The molecule has 0 aliphatic carbocycles. The van der Waals surface area contributed by atoms with Gasteiger partial charge in [-0.2, -0.15) is 0 Å². The number of fused-ring (bicyclic) bond motifs is 1. The molecule has 0 atom stereocenters. The maximum atomic E-state index is 11.4. The van der Waals surface area contributed by atoms with Gasteiger partial charge in [0.2, 0.25) is 10.0 Å². The van der Waals surface area contributed by atoms with Crippen molar-refractivity contribution in [2.75, 3.05) is 17.1 Å². The lowest BCUT2D eigenvalue weighted by molar-refractivity contribution is -0.134. The molecule has 1 aliphatic rings. The number of carboxylic acids is 1. The molecule has 1 aliphatic heterocycles. The summed E-state index contributed by atoms with van der Waals surface area (Å²) >= 11 is 0. The first kappa shape index (κ1) is 11.7. The number of anilines is 1. The summed E-state index contributed by atoms with van der Waals surface area (Å²) in [6.07, 6.45) is 0.726. The lowest BCUT2D eigenvalue weighted by Crippen LogP contribution is -2.22. The van der Waals surface area contributed by atoms with Gasteiger partial charge in [0.15, 0.2) is 5.75 Å². The van der Waals surface area contributed by atoms with Gasteiger partial charge in [0.05, 0.1) is 6.61 Å². The van der Waals surface area contributed by atoms with Crippen LogP contribution in [0.1, 0.15) is 5.56 Å². The van der Waals surface area contributed by atoms with E-state index in [9.17, 15) is 13.2 Å². The van der Waals surface area contributed by atoms with Gasteiger partial charge in [-0.25, -0.2) is 8.42 Å². The Kier molecular flexibility index (Phi) is 2.93. The van der Waals surface area contributed by atoms with Crippen LogP contribution in [0.3, 0.4) is 0 Å². The first-order valence-corrected chi connectivity index (χ1v) is 6.59. The average molecular weight is 257 g/mol. The van der Waals surface area contributed by atoms with E-state index in [1.165, 1.54) is 0 Å². The second-order valence-corrected chi connectivity index (χ2v) is 5.40. The summed E-state index contributed by atoms with van der Waals surface area (Å²) < 4.78 is 30.3. The van der Waals surface area contributed by atoms with Crippen LogP contribution >= 0.6 is 0 Å². The van der Waals surface area contributed by atoms with Gasteiger partial charge in [0, 0.05) is 12.1 Å². The zero-order valence-electron chi connectivity index (χ0n) is 8.84. The maximum absolute atomic E-state index is 11.4. The number of carbonyl (C=O) groups is 1. The summed E-state index contributed by atoms with van der Waals surface area (Å²) in [4.78, 5) is 10.4. The van der Waals surface area contributed by atoms with E-state index in [4.69, 9.17) is 9.84 Å². The number of hydrogen-bond acceptors (Lipinski definition) is 4. The predicted molar refractivity (Wildman–Crippen MR) is 60.7 cm³/mol. The van der Waals surface area contributed by atoms with Crippen LogP contribution in [0.4, 0.5) is 5.69 Å². The fourth-order valence-electron chi connectivity index (χ4n) is 1.63. The molecule has 7 heteroatoms. The van der Waals surface area contributed by atoms with Gasteiger partial charge in [-0.05, 0) is 23.8 Å². The number of nitrogens with one attached hydrogen (secondary N) is 1. The van der Waals surface area contributed by atoms with Crippen molar-refractivity contribution in [3.8, 4) is 5.75 Å². The molecule has 0 saturated carbocycles. The van der Waals surface area contributed by atoms with Crippen LogP contribution in [0.25, 0.3) is 0 Å². The van der Waals surface area contributed by atoms with Gasteiger partial charge in [0.25, 0.3) is 0 Å². The Morgan fingerprint density at radius 2 is 2.24 bits per heavy atom.